The number of phenolic OH excluding ortho intramolecular Hbond substituents is 2. The first-order valence-corrected chi connectivity index (χ1v) is 10.6. The fourth-order valence-electron chi connectivity index (χ4n) is 2.91. The van der Waals surface area contributed by atoms with Gasteiger partial charge >= 0.3 is 5.97 Å². The summed E-state index contributed by atoms with van der Waals surface area (Å²) in [4.78, 5) is 25.1. The lowest BCUT2D eigenvalue weighted by Crippen LogP contribution is -2.43. The maximum Gasteiger partial charge on any atom is 0.329 e. The van der Waals surface area contributed by atoms with Gasteiger partial charge in [-0.2, -0.15) is 0 Å². The van der Waals surface area contributed by atoms with Crippen LogP contribution in [0.15, 0.2) is 48.5 Å². The van der Waals surface area contributed by atoms with E-state index in [0.717, 1.165) is 11.1 Å². The minimum absolute atomic E-state index is 0.0699. The van der Waals surface area contributed by atoms with Crippen molar-refractivity contribution in [1.82, 2.24) is 5.32 Å². The van der Waals surface area contributed by atoms with Gasteiger partial charge in [-0.15, -0.1) is 0 Å². The molecule has 1 amide bonds. The number of carbonyl (C=O) groups excluding carboxylic acids is 2. The summed E-state index contributed by atoms with van der Waals surface area (Å²) >= 11 is 0. The Hall–Kier alpha value is -3.10. The Bertz CT molecular complexity index is 821. The van der Waals surface area contributed by atoms with Gasteiger partial charge in [-0.1, -0.05) is 24.3 Å². The summed E-state index contributed by atoms with van der Waals surface area (Å²) in [5.41, 5.74) is 1.68. The molecule has 0 fully saturated rings. The molecule has 8 heteroatoms. The molecule has 0 saturated carbocycles. The SMILES string of the molecule is CCOCCOCCOC(=O)[C@H](Cc1ccc(O)cc1)NC(=O)CCc1ccc(O)cc1. The number of aromatic hydroxyl groups is 2. The van der Waals surface area contributed by atoms with E-state index in [0.29, 0.717) is 26.2 Å². The van der Waals surface area contributed by atoms with Crippen molar-refractivity contribution in [3.05, 3.63) is 59.7 Å². The average Bonchev–Trinajstić information content (AvgIpc) is 2.79. The van der Waals surface area contributed by atoms with Crippen LogP contribution < -0.4 is 5.32 Å². The number of esters is 1. The highest BCUT2D eigenvalue weighted by atomic mass is 16.6. The topological polar surface area (TPSA) is 114 Å². The molecule has 0 aromatic heterocycles. The molecule has 8 nitrogen and oxygen atoms in total. The maximum atomic E-state index is 12.6. The van der Waals surface area contributed by atoms with Gasteiger partial charge in [-0.3, -0.25) is 4.79 Å². The summed E-state index contributed by atoms with van der Waals surface area (Å²) in [6.07, 6.45) is 0.890. The Balaban J connectivity index is 1.87. The summed E-state index contributed by atoms with van der Waals surface area (Å²) in [6, 6.07) is 12.2. The van der Waals surface area contributed by atoms with Crippen molar-refractivity contribution in [2.75, 3.05) is 33.0 Å². The molecule has 0 aliphatic carbocycles. The Labute approximate surface area is 188 Å². The minimum Gasteiger partial charge on any atom is -0.508 e. The number of hydrogen-bond donors (Lipinski definition) is 3. The van der Waals surface area contributed by atoms with E-state index >= 15 is 0 Å². The number of ether oxygens (including phenoxy) is 3. The first kappa shape index (κ1) is 25.2. The molecule has 3 N–H and O–H groups in total. The zero-order chi connectivity index (χ0) is 23.2. The van der Waals surface area contributed by atoms with Gasteiger partial charge in [-0.05, 0) is 48.7 Å². The Kier molecular flexibility index (Phi) is 11.1. The van der Waals surface area contributed by atoms with Crippen LogP contribution >= 0.6 is 0 Å². The van der Waals surface area contributed by atoms with Crippen LogP contribution in [0, 0.1) is 0 Å². The van der Waals surface area contributed by atoms with Gasteiger partial charge < -0.3 is 29.7 Å². The molecule has 0 bridgehead atoms. The van der Waals surface area contributed by atoms with Crippen molar-refractivity contribution in [3.8, 4) is 11.5 Å². The van der Waals surface area contributed by atoms with Crippen LogP contribution in [-0.4, -0.2) is 61.2 Å². The smallest absolute Gasteiger partial charge is 0.329 e. The van der Waals surface area contributed by atoms with E-state index in [4.69, 9.17) is 14.2 Å². The van der Waals surface area contributed by atoms with Gasteiger partial charge in [0.1, 0.15) is 24.1 Å². The third kappa shape index (κ3) is 9.80. The molecule has 32 heavy (non-hydrogen) atoms. The van der Waals surface area contributed by atoms with Gasteiger partial charge in [-0.25, -0.2) is 4.79 Å². The van der Waals surface area contributed by atoms with Crippen LogP contribution in [0.2, 0.25) is 0 Å². The Morgan fingerprint density at radius 2 is 1.41 bits per heavy atom. The van der Waals surface area contributed by atoms with E-state index in [1.54, 1.807) is 36.4 Å². The van der Waals surface area contributed by atoms with Gasteiger partial charge in [0.2, 0.25) is 5.91 Å². The molecular weight excluding hydrogens is 414 g/mol. The third-order valence-corrected chi connectivity index (χ3v) is 4.62. The molecule has 0 saturated heterocycles. The molecule has 0 spiro atoms. The molecule has 0 heterocycles. The van der Waals surface area contributed by atoms with E-state index in [1.165, 1.54) is 12.1 Å². The second kappa shape index (κ2) is 14.1. The van der Waals surface area contributed by atoms with Crippen molar-refractivity contribution >= 4 is 11.9 Å². The van der Waals surface area contributed by atoms with Gasteiger partial charge in [0, 0.05) is 19.4 Å². The predicted molar refractivity (Wildman–Crippen MR) is 118 cm³/mol. The molecule has 2 rings (SSSR count). The molecule has 174 valence electrons. The van der Waals surface area contributed by atoms with E-state index in [2.05, 4.69) is 5.32 Å². The molecule has 0 unspecified atom stereocenters. The quantitative estimate of drug-likeness (QED) is 0.302. The minimum atomic E-state index is -0.865. The predicted octanol–water partition coefficient (Wildman–Crippen LogP) is 2.35. The number of phenols is 2. The van der Waals surface area contributed by atoms with Gasteiger partial charge in [0.15, 0.2) is 0 Å². The first-order chi connectivity index (χ1) is 15.5. The lowest BCUT2D eigenvalue weighted by molar-refractivity contribution is -0.149. The first-order valence-electron chi connectivity index (χ1n) is 10.6. The molecule has 1 atom stereocenters. The Morgan fingerprint density at radius 3 is 2.03 bits per heavy atom. The molecule has 2 aromatic rings. The zero-order valence-corrected chi connectivity index (χ0v) is 18.3. The number of nitrogens with one attached hydrogen (secondary N) is 1. The lowest BCUT2D eigenvalue weighted by atomic mass is 10.0. The fourth-order valence-corrected chi connectivity index (χ4v) is 2.91. The second-order valence-electron chi connectivity index (χ2n) is 7.13. The van der Waals surface area contributed by atoms with E-state index in [9.17, 15) is 19.8 Å². The molecule has 0 aliphatic rings. The van der Waals surface area contributed by atoms with Crippen LogP contribution in [0.5, 0.6) is 11.5 Å². The van der Waals surface area contributed by atoms with Crippen molar-refractivity contribution in [2.24, 2.45) is 0 Å². The van der Waals surface area contributed by atoms with Gasteiger partial charge in [0.25, 0.3) is 0 Å². The number of carbonyl (C=O) groups is 2. The number of rotatable bonds is 14. The van der Waals surface area contributed by atoms with Gasteiger partial charge in [0.05, 0.1) is 19.8 Å². The molecular formula is C24H31NO7. The molecule has 0 radical (unpaired) electrons. The number of aryl methyl sites for hydroxylation is 1. The highest BCUT2D eigenvalue weighted by molar-refractivity contribution is 5.84. The van der Waals surface area contributed by atoms with Crippen LogP contribution in [0.25, 0.3) is 0 Å². The average molecular weight is 446 g/mol. The monoisotopic (exact) mass is 445 g/mol. The van der Waals surface area contributed by atoms with Crippen LogP contribution in [0.4, 0.5) is 0 Å². The third-order valence-electron chi connectivity index (χ3n) is 4.62. The summed E-state index contributed by atoms with van der Waals surface area (Å²) in [7, 11) is 0. The van der Waals surface area contributed by atoms with Crippen molar-refractivity contribution in [2.45, 2.75) is 32.2 Å². The summed E-state index contributed by atoms with van der Waals surface area (Å²) in [5.74, 6) is -0.553. The van der Waals surface area contributed by atoms with Crippen molar-refractivity contribution in [3.63, 3.8) is 0 Å². The largest absolute Gasteiger partial charge is 0.508 e. The fraction of sp³-hybridized carbons (Fsp3) is 0.417. The zero-order valence-electron chi connectivity index (χ0n) is 18.3. The Morgan fingerprint density at radius 1 is 0.844 bits per heavy atom. The number of amides is 1. The number of hydrogen-bond acceptors (Lipinski definition) is 7. The van der Waals surface area contributed by atoms with Crippen LogP contribution in [-0.2, 0) is 36.6 Å². The molecule has 2 aromatic carbocycles. The summed E-state index contributed by atoms with van der Waals surface area (Å²) in [5, 5.41) is 21.6. The lowest BCUT2D eigenvalue weighted by Gasteiger charge is -2.18. The number of benzene rings is 2. The highest BCUT2D eigenvalue weighted by Gasteiger charge is 2.23. The van der Waals surface area contributed by atoms with E-state index in [1.807, 2.05) is 6.92 Å². The molecule has 0 aliphatic heterocycles. The van der Waals surface area contributed by atoms with Crippen LogP contribution in [0.3, 0.4) is 0 Å². The maximum absolute atomic E-state index is 12.6. The van der Waals surface area contributed by atoms with E-state index < -0.39 is 12.0 Å². The second-order valence-corrected chi connectivity index (χ2v) is 7.13. The van der Waals surface area contributed by atoms with Crippen molar-refractivity contribution < 1.29 is 34.0 Å². The van der Waals surface area contributed by atoms with Crippen molar-refractivity contribution in [1.29, 1.82) is 0 Å². The summed E-state index contributed by atoms with van der Waals surface area (Å²) in [6.45, 7) is 3.71. The van der Waals surface area contributed by atoms with Crippen LogP contribution in [0.1, 0.15) is 24.5 Å². The normalized spacial score (nSPS) is 11.7. The highest BCUT2D eigenvalue weighted by Crippen LogP contribution is 2.13. The summed E-state index contributed by atoms with van der Waals surface area (Å²) < 4.78 is 15.8. The van der Waals surface area contributed by atoms with E-state index in [-0.39, 0.29) is 43.5 Å². The standard InChI is InChI=1S/C24H31NO7/c1-2-30-13-14-31-15-16-32-24(29)22(17-19-5-10-21(27)11-6-19)25-23(28)12-7-18-3-8-20(26)9-4-18/h3-6,8-11,22,26-27H,2,7,12-17H2,1H3,(H,25,28)/t22-/m0/s1.